The van der Waals surface area contributed by atoms with Gasteiger partial charge in [-0.25, -0.2) is 4.98 Å². The van der Waals surface area contributed by atoms with Crippen molar-refractivity contribution < 1.29 is 4.74 Å². The smallest absolute Gasteiger partial charge is 0.187 e. The molecule has 0 amide bonds. The van der Waals surface area contributed by atoms with E-state index in [-0.39, 0.29) is 0 Å². The molecule has 5 heteroatoms. The number of benzene rings is 2. The van der Waals surface area contributed by atoms with Gasteiger partial charge in [0.2, 0.25) is 0 Å². The number of halogens is 1. The summed E-state index contributed by atoms with van der Waals surface area (Å²) in [7, 11) is 1.67. The largest absolute Gasteiger partial charge is 0.497 e. The Bertz CT molecular complexity index is 757. The molecule has 0 fully saturated rings. The van der Waals surface area contributed by atoms with Crippen molar-refractivity contribution in [1.82, 2.24) is 4.98 Å². The lowest BCUT2D eigenvalue weighted by Crippen LogP contribution is -1.89. The number of nitrogens with one attached hydrogen (secondary N) is 1. The standard InChI is InChI=1S/C16H13BrN2OS/c1-20-14-7-2-4-11(8-14)15-10-21-16(19-15)18-13-6-3-5-12(17)9-13/h2-10H,1H3,(H,18,19). The molecule has 3 nitrogen and oxygen atoms in total. The van der Waals surface area contributed by atoms with Crippen LogP contribution in [0.25, 0.3) is 11.3 Å². The highest BCUT2D eigenvalue weighted by molar-refractivity contribution is 9.10. The predicted molar refractivity (Wildman–Crippen MR) is 91.5 cm³/mol. The Morgan fingerprint density at radius 3 is 2.81 bits per heavy atom. The van der Waals surface area contributed by atoms with Gasteiger partial charge in [0, 0.05) is 21.1 Å². The van der Waals surface area contributed by atoms with Crippen molar-refractivity contribution in [3.63, 3.8) is 0 Å². The van der Waals surface area contributed by atoms with E-state index in [1.807, 2.05) is 53.9 Å². The number of anilines is 2. The van der Waals surface area contributed by atoms with Gasteiger partial charge in [0.05, 0.1) is 12.8 Å². The molecule has 0 spiro atoms. The molecule has 21 heavy (non-hydrogen) atoms. The second-order valence-corrected chi connectivity index (χ2v) is 6.18. The maximum absolute atomic E-state index is 5.25. The van der Waals surface area contributed by atoms with E-state index in [1.54, 1.807) is 18.4 Å². The quantitative estimate of drug-likeness (QED) is 0.683. The number of ether oxygens (including phenoxy) is 1. The van der Waals surface area contributed by atoms with Crippen molar-refractivity contribution in [2.24, 2.45) is 0 Å². The zero-order chi connectivity index (χ0) is 14.7. The zero-order valence-electron chi connectivity index (χ0n) is 11.3. The summed E-state index contributed by atoms with van der Waals surface area (Å²) in [6, 6.07) is 15.9. The van der Waals surface area contributed by atoms with Gasteiger partial charge in [-0.15, -0.1) is 11.3 Å². The molecule has 0 atom stereocenters. The molecule has 1 heterocycles. The topological polar surface area (TPSA) is 34.1 Å². The van der Waals surface area contributed by atoms with Gasteiger partial charge in [-0.3, -0.25) is 0 Å². The summed E-state index contributed by atoms with van der Waals surface area (Å²) in [5, 5.41) is 6.21. The van der Waals surface area contributed by atoms with Crippen LogP contribution in [-0.2, 0) is 0 Å². The average molecular weight is 361 g/mol. The number of hydrogen-bond donors (Lipinski definition) is 1. The van der Waals surface area contributed by atoms with Crippen LogP contribution >= 0.6 is 27.3 Å². The highest BCUT2D eigenvalue weighted by atomic mass is 79.9. The van der Waals surface area contributed by atoms with E-state index >= 15 is 0 Å². The van der Waals surface area contributed by atoms with E-state index in [9.17, 15) is 0 Å². The van der Waals surface area contributed by atoms with E-state index in [4.69, 9.17) is 4.74 Å². The van der Waals surface area contributed by atoms with Gasteiger partial charge < -0.3 is 10.1 Å². The van der Waals surface area contributed by atoms with Crippen LogP contribution in [0.15, 0.2) is 58.4 Å². The number of nitrogens with zero attached hydrogens (tertiary/aromatic N) is 1. The molecule has 0 saturated heterocycles. The third-order valence-electron chi connectivity index (χ3n) is 2.95. The van der Waals surface area contributed by atoms with Crippen LogP contribution in [0, 0.1) is 0 Å². The van der Waals surface area contributed by atoms with E-state index in [1.165, 1.54) is 0 Å². The van der Waals surface area contributed by atoms with Gasteiger partial charge in [0.25, 0.3) is 0 Å². The van der Waals surface area contributed by atoms with Gasteiger partial charge in [-0.05, 0) is 30.3 Å². The normalized spacial score (nSPS) is 10.4. The lowest BCUT2D eigenvalue weighted by Gasteiger charge is -2.03. The Hall–Kier alpha value is -1.85. The van der Waals surface area contributed by atoms with Gasteiger partial charge >= 0.3 is 0 Å². The van der Waals surface area contributed by atoms with E-state index in [0.717, 1.165) is 32.3 Å². The van der Waals surface area contributed by atoms with Crippen LogP contribution in [0.2, 0.25) is 0 Å². The summed E-state index contributed by atoms with van der Waals surface area (Å²) >= 11 is 5.04. The Balaban J connectivity index is 1.82. The lowest BCUT2D eigenvalue weighted by molar-refractivity contribution is 0.415. The summed E-state index contributed by atoms with van der Waals surface area (Å²) in [5.41, 5.74) is 3.00. The molecular weight excluding hydrogens is 348 g/mol. The Morgan fingerprint density at radius 1 is 1.14 bits per heavy atom. The van der Waals surface area contributed by atoms with Crippen molar-refractivity contribution in [3.8, 4) is 17.0 Å². The van der Waals surface area contributed by atoms with Gasteiger partial charge in [0.1, 0.15) is 5.75 Å². The minimum atomic E-state index is 0.835. The summed E-state index contributed by atoms with van der Waals surface area (Å²) < 4.78 is 6.29. The molecule has 0 radical (unpaired) electrons. The molecule has 0 aliphatic heterocycles. The van der Waals surface area contributed by atoms with Gasteiger partial charge in [-0.2, -0.15) is 0 Å². The fraction of sp³-hybridized carbons (Fsp3) is 0.0625. The molecule has 0 aliphatic carbocycles. The highest BCUT2D eigenvalue weighted by Gasteiger charge is 2.06. The van der Waals surface area contributed by atoms with Crippen LogP contribution in [0.4, 0.5) is 10.8 Å². The average Bonchev–Trinajstić information content (AvgIpc) is 2.96. The van der Waals surface area contributed by atoms with Crippen LogP contribution in [0.3, 0.4) is 0 Å². The third-order valence-corrected chi connectivity index (χ3v) is 4.20. The first-order chi connectivity index (χ1) is 10.2. The number of hydrogen-bond acceptors (Lipinski definition) is 4. The Morgan fingerprint density at radius 2 is 2.00 bits per heavy atom. The molecule has 3 aromatic rings. The number of thiazole rings is 1. The second kappa shape index (κ2) is 6.28. The zero-order valence-corrected chi connectivity index (χ0v) is 13.7. The first-order valence-electron chi connectivity index (χ1n) is 6.37. The summed E-state index contributed by atoms with van der Waals surface area (Å²) in [6.45, 7) is 0. The minimum absolute atomic E-state index is 0.835. The van der Waals surface area contributed by atoms with Crippen LogP contribution in [0.5, 0.6) is 5.75 Å². The molecule has 0 unspecified atom stereocenters. The van der Waals surface area contributed by atoms with Crippen molar-refractivity contribution >= 4 is 38.1 Å². The molecule has 3 rings (SSSR count). The van der Waals surface area contributed by atoms with Crippen LogP contribution in [0.1, 0.15) is 0 Å². The van der Waals surface area contributed by atoms with E-state index in [0.29, 0.717) is 0 Å². The summed E-state index contributed by atoms with van der Waals surface area (Å²) in [6.07, 6.45) is 0. The maximum atomic E-state index is 5.25. The van der Waals surface area contributed by atoms with E-state index < -0.39 is 0 Å². The Kier molecular flexibility index (Phi) is 4.22. The molecule has 0 saturated carbocycles. The van der Waals surface area contributed by atoms with Gasteiger partial charge in [-0.1, -0.05) is 34.1 Å². The fourth-order valence-corrected chi connectivity index (χ4v) is 3.07. The van der Waals surface area contributed by atoms with Crippen LogP contribution in [-0.4, -0.2) is 12.1 Å². The number of rotatable bonds is 4. The van der Waals surface area contributed by atoms with Crippen molar-refractivity contribution in [2.45, 2.75) is 0 Å². The highest BCUT2D eigenvalue weighted by Crippen LogP contribution is 2.29. The minimum Gasteiger partial charge on any atom is -0.497 e. The molecule has 2 aromatic carbocycles. The maximum Gasteiger partial charge on any atom is 0.187 e. The summed E-state index contributed by atoms with van der Waals surface area (Å²) in [5.74, 6) is 0.835. The van der Waals surface area contributed by atoms with Gasteiger partial charge in [0.15, 0.2) is 5.13 Å². The van der Waals surface area contributed by atoms with E-state index in [2.05, 4.69) is 26.2 Å². The molecule has 106 valence electrons. The monoisotopic (exact) mass is 360 g/mol. The summed E-state index contributed by atoms with van der Waals surface area (Å²) in [4.78, 5) is 4.62. The van der Waals surface area contributed by atoms with Crippen molar-refractivity contribution in [3.05, 3.63) is 58.4 Å². The molecule has 1 N–H and O–H groups in total. The molecule has 1 aromatic heterocycles. The first kappa shape index (κ1) is 14.1. The third kappa shape index (κ3) is 3.43. The SMILES string of the molecule is COc1cccc(-c2csc(Nc3cccc(Br)c3)n2)c1. The molecular formula is C16H13BrN2OS. The van der Waals surface area contributed by atoms with Crippen molar-refractivity contribution in [1.29, 1.82) is 0 Å². The first-order valence-corrected chi connectivity index (χ1v) is 8.04. The molecule has 0 bridgehead atoms. The number of methoxy groups -OCH3 is 1. The Labute approximate surface area is 135 Å². The molecule has 0 aliphatic rings. The van der Waals surface area contributed by atoms with Crippen LogP contribution < -0.4 is 10.1 Å². The fourth-order valence-electron chi connectivity index (χ4n) is 1.94. The second-order valence-electron chi connectivity index (χ2n) is 4.41. The lowest BCUT2D eigenvalue weighted by atomic mass is 10.2. The van der Waals surface area contributed by atoms with Crippen molar-refractivity contribution in [2.75, 3.05) is 12.4 Å². The predicted octanol–water partition coefficient (Wildman–Crippen LogP) is 5.32. The number of aromatic nitrogens is 1.